The first-order valence-corrected chi connectivity index (χ1v) is 19.2. The number of hydrogen-bond acceptors (Lipinski definition) is 10. The van der Waals surface area contributed by atoms with Gasteiger partial charge in [0.2, 0.25) is 11.9 Å². The number of anilines is 1. The Labute approximate surface area is 259 Å². The first-order chi connectivity index (χ1) is 20.7. The lowest BCUT2D eigenvalue weighted by atomic mass is 10.1. The number of amides is 1. The highest BCUT2D eigenvalue weighted by Gasteiger charge is 2.62. The van der Waals surface area contributed by atoms with Crippen LogP contribution < -0.4 is 10.9 Å². The number of hydrogen-bond donors (Lipinski definition) is 2. The number of imidazole rings is 1. The topological polar surface area (TPSA) is 188 Å². The van der Waals surface area contributed by atoms with Crippen molar-refractivity contribution in [3.05, 3.63) is 27.1 Å². The van der Waals surface area contributed by atoms with E-state index in [4.69, 9.17) is 28.0 Å². The van der Waals surface area contributed by atoms with E-state index in [1.807, 2.05) is 0 Å². The molecule has 0 saturated carbocycles. The van der Waals surface area contributed by atoms with Crippen LogP contribution in [0, 0.1) is 5.92 Å². The first-order valence-electron chi connectivity index (χ1n) is 15.3. The van der Waals surface area contributed by atoms with Crippen molar-refractivity contribution in [3.63, 3.8) is 0 Å². The molecule has 244 valence electrons. The average molecular weight is 651 g/mol. The van der Waals surface area contributed by atoms with Gasteiger partial charge < -0.3 is 22.4 Å². The van der Waals surface area contributed by atoms with Crippen LogP contribution in [0.25, 0.3) is 21.6 Å². The zero-order valence-electron chi connectivity index (χ0n) is 27.2. The van der Waals surface area contributed by atoms with E-state index in [-0.39, 0.29) is 64.4 Å². The first kappa shape index (κ1) is 34.2. The predicted octanol–water partition coefficient (Wildman–Crippen LogP) is 5.22. The van der Waals surface area contributed by atoms with Crippen LogP contribution >= 0.6 is 0 Å². The van der Waals surface area contributed by atoms with Crippen LogP contribution in [0.3, 0.4) is 0 Å². The Morgan fingerprint density at radius 1 is 1.14 bits per heavy atom. The third-order valence-electron chi connectivity index (χ3n) is 8.48. The molecule has 2 aliphatic heterocycles. The van der Waals surface area contributed by atoms with Gasteiger partial charge >= 0.3 is 17.1 Å². The molecular formula is C27H46N8O7Si2. The molecule has 0 bridgehead atoms. The maximum absolute atomic E-state index is 12.9. The van der Waals surface area contributed by atoms with E-state index in [2.05, 4.69) is 85.7 Å². The maximum Gasteiger partial charge on any atom is 0.335 e. The number of nitrogens with one attached hydrogen (secondary N) is 2. The van der Waals surface area contributed by atoms with Crippen molar-refractivity contribution in [2.75, 3.05) is 18.7 Å². The van der Waals surface area contributed by atoms with E-state index in [0.717, 1.165) is 0 Å². The number of carbonyl (C=O) groups is 1. The summed E-state index contributed by atoms with van der Waals surface area (Å²) in [7, 11) is -5.87. The van der Waals surface area contributed by atoms with E-state index < -0.39 is 47.2 Å². The van der Waals surface area contributed by atoms with Crippen LogP contribution in [0.2, 0.25) is 22.2 Å². The molecule has 0 spiro atoms. The van der Waals surface area contributed by atoms with Gasteiger partial charge in [-0.2, -0.15) is 4.98 Å². The molecule has 0 unspecified atom stereocenters. The summed E-state index contributed by atoms with van der Waals surface area (Å²) in [6, 6.07) is 0. The second kappa shape index (κ2) is 13.4. The van der Waals surface area contributed by atoms with Crippen molar-refractivity contribution >= 4 is 40.1 Å². The summed E-state index contributed by atoms with van der Waals surface area (Å²) in [6.45, 7) is 20.5. The van der Waals surface area contributed by atoms with Gasteiger partial charge in [-0.05, 0) is 27.7 Å². The van der Waals surface area contributed by atoms with Crippen molar-refractivity contribution in [2.24, 2.45) is 11.0 Å². The summed E-state index contributed by atoms with van der Waals surface area (Å²) in [6.07, 6.45) is -1.47. The Hall–Kier alpha value is -2.64. The molecule has 15 nitrogen and oxygen atoms in total. The van der Waals surface area contributed by atoms with Gasteiger partial charge in [-0.15, -0.1) is 0 Å². The van der Waals surface area contributed by atoms with Crippen LogP contribution in [-0.2, 0) is 27.2 Å². The molecule has 2 aliphatic rings. The van der Waals surface area contributed by atoms with E-state index >= 15 is 0 Å². The molecule has 4 rings (SSSR count). The van der Waals surface area contributed by atoms with Crippen molar-refractivity contribution in [2.45, 2.75) is 116 Å². The zero-order chi connectivity index (χ0) is 32.6. The number of rotatable bonds is 10. The number of nitrogens with zero attached hydrogens (tertiary/aromatic N) is 6. The predicted molar refractivity (Wildman–Crippen MR) is 168 cm³/mol. The molecular weight excluding hydrogens is 605 g/mol. The Bertz CT molecular complexity index is 1420. The van der Waals surface area contributed by atoms with E-state index in [0.29, 0.717) is 0 Å². The summed E-state index contributed by atoms with van der Waals surface area (Å²) >= 11 is 0. The monoisotopic (exact) mass is 650 g/mol. The molecule has 44 heavy (non-hydrogen) atoms. The molecule has 1 amide bonds. The number of H-pyrrole nitrogens is 1. The highest BCUT2D eigenvalue weighted by molar-refractivity contribution is 6.84. The van der Waals surface area contributed by atoms with Crippen molar-refractivity contribution in [3.8, 4) is 0 Å². The van der Waals surface area contributed by atoms with Gasteiger partial charge in [0.25, 0.3) is 5.56 Å². The Morgan fingerprint density at radius 3 is 2.34 bits per heavy atom. The Balaban J connectivity index is 1.85. The fourth-order valence-electron chi connectivity index (χ4n) is 6.10. The van der Waals surface area contributed by atoms with Crippen LogP contribution in [0.5, 0.6) is 0 Å². The van der Waals surface area contributed by atoms with E-state index in [1.54, 1.807) is 18.4 Å². The van der Waals surface area contributed by atoms with Gasteiger partial charge in [0.05, 0.1) is 12.9 Å². The van der Waals surface area contributed by atoms with Crippen molar-refractivity contribution in [1.29, 1.82) is 0 Å². The zero-order valence-corrected chi connectivity index (χ0v) is 29.2. The average Bonchev–Trinajstić information content (AvgIpc) is 3.49. The third-order valence-corrected chi connectivity index (χ3v) is 18.7. The summed E-state index contributed by atoms with van der Waals surface area (Å²) in [4.78, 5) is 39.6. The van der Waals surface area contributed by atoms with Gasteiger partial charge in [-0.3, -0.25) is 24.5 Å². The fraction of sp³-hybridized carbons (Fsp3) is 0.778. The third kappa shape index (κ3) is 6.24. The summed E-state index contributed by atoms with van der Waals surface area (Å²) in [5.41, 5.74) is 9.15. The fourth-order valence-corrected chi connectivity index (χ4v) is 17.3. The molecule has 17 heteroatoms. The lowest BCUT2D eigenvalue weighted by Crippen LogP contribution is -2.66. The lowest BCUT2D eigenvalue weighted by Gasteiger charge is -2.51. The minimum atomic E-state index is -3.04. The maximum atomic E-state index is 12.9. The molecule has 0 aliphatic carbocycles. The summed E-state index contributed by atoms with van der Waals surface area (Å²) < 4.78 is 35.8. The molecule has 4 atom stereocenters. The molecule has 0 radical (unpaired) electrons. The number of aromatic amines is 1. The van der Waals surface area contributed by atoms with E-state index in [1.165, 1.54) is 6.33 Å². The molecule has 2 fully saturated rings. The second-order valence-corrected chi connectivity index (χ2v) is 21.8. The highest BCUT2D eigenvalue weighted by atomic mass is 28.5. The van der Waals surface area contributed by atoms with Crippen molar-refractivity contribution in [1.82, 2.24) is 19.5 Å². The van der Waals surface area contributed by atoms with E-state index in [9.17, 15) is 9.59 Å². The largest absolute Gasteiger partial charge is 0.414 e. The normalized spacial score (nSPS) is 25.0. The van der Waals surface area contributed by atoms with Gasteiger partial charge in [0.1, 0.15) is 25.0 Å². The summed E-state index contributed by atoms with van der Waals surface area (Å²) in [5, 5.41) is 6.25. The van der Waals surface area contributed by atoms with Gasteiger partial charge in [0, 0.05) is 10.8 Å². The van der Waals surface area contributed by atoms with Crippen LogP contribution in [0.1, 0.15) is 75.5 Å². The van der Waals surface area contributed by atoms with Crippen molar-refractivity contribution < 1.29 is 27.2 Å². The quantitative estimate of drug-likeness (QED) is 0.150. The molecule has 2 aromatic heterocycles. The standard InChI is InChI=1S/C27H46N8O7Si2/c1-14(2)24(36)32-27-31-23-20(25(37)33-27)29-12-35(23)26-22(38-13-30-34-28)21-19(40-26)11-39-43(15(3)4,16(5)6)42-44(41-21,17(7)8)18(9)10/h12,14-19,21-22,26H,11,13H2,1-10H3,(H2,31,32,33,36,37)/t19-,21-,22-,26-/m1/s1. The smallest absolute Gasteiger partial charge is 0.335 e. The van der Waals surface area contributed by atoms with Crippen LogP contribution in [0.4, 0.5) is 5.95 Å². The molecule has 0 aromatic carbocycles. The summed E-state index contributed by atoms with van der Waals surface area (Å²) in [5.74, 6) is -0.643. The van der Waals surface area contributed by atoms with Gasteiger partial charge in [-0.1, -0.05) is 74.4 Å². The molecule has 2 aromatic rings. The van der Waals surface area contributed by atoms with Gasteiger partial charge in [0.15, 0.2) is 17.4 Å². The Kier molecular flexibility index (Phi) is 10.4. The molecule has 2 N–H and O–H groups in total. The number of azide groups is 1. The number of carbonyl (C=O) groups excluding carboxylic acids is 1. The SMILES string of the molecule is CC(C)C(=O)Nc1nc2c(ncn2[C@@H]2O[C@@H]3CO[Si](C(C)C)(C(C)C)O[Si](C(C)C)(C(C)C)O[C@H]3[C@H]2OCN=[N+]=[N-])c(=O)[nH]1. The van der Waals surface area contributed by atoms with Crippen LogP contribution in [-0.4, -0.2) is 74.2 Å². The van der Waals surface area contributed by atoms with Gasteiger partial charge in [-0.25, -0.2) is 4.98 Å². The minimum Gasteiger partial charge on any atom is -0.414 e. The number of aromatic nitrogens is 4. The minimum absolute atomic E-state index is 0.0119. The molecule has 4 heterocycles. The number of ether oxygens (including phenoxy) is 2. The number of fused-ring (bicyclic) bond motifs is 2. The molecule has 2 saturated heterocycles. The highest BCUT2D eigenvalue weighted by Crippen LogP contribution is 2.49. The lowest BCUT2D eigenvalue weighted by molar-refractivity contribution is -0.118. The Morgan fingerprint density at radius 2 is 1.77 bits per heavy atom. The second-order valence-electron chi connectivity index (χ2n) is 13.0. The van der Waals surface area contributed by atoms with Crippen LogP contribution in [0.15, 0.2) is 16.2 Å².